The third kappa shape index (κ3) is 5.33. The van der Waals surface area contributed by atoms with Crippen LogP contribution in [0.2, 0.25) is 0 Å². The minimum Gasteiger partial charge on any atom is -0.497 e. The molecule has 0 unspecified atom stereocenters. The van der Waals surface area contributed by atoms with Gasteiger partial charge in [0.05, 0.1) is 54.6 Å². The van der Waals surface area contributed by atoms with Crippen LogP contribution in [-0.4, -0.2) is 44.1 Å². The summed E-state index contributed by atoms with van der Waals surface area (Å²) in [4.78, 5) is 26.8. The molecular weight excluding hydrogens is 820 g/mol. The molecule has 5 heterocycles. The summed E-state index contributed by atoms with van der Waals surface area (Å²) in [6, 6.07) is 19.7. The zero-order chi connectivity index (χ0) is 30.5. The third-order valence-corrected chi connectivity index (χ3v) is 9.53. The number of H-pyrrole nitrogens is 2. The second kappa shape index (κ2) is 11.7. The van der Waals surface area contributed by atoms with Gasteiger partial charge in [0.15, 0.2) is 11.6 Å². The standard InChI is InChI=1S/C32H20Br4N6O2/c1-43-17-7-3-15(4-8-17)27-23-11-19(33)29(37-23)41-31-21(35)13-25(39-31)28(16-5-9-18(44-2)10-6-16)26-14-22(36)32(40-26)42-30-20(34)12-24(27)38-30/h3-14H,1-2H3,(H,37,39,41)(H,38,40,42). The highest BCUT2D eigenvalue weighted by Crippen LogP contribution is 2.38. The SMILES string of the molecule is COc1ccc(-c2c3nc(nc4[nH]c(cc4Br)c(-c4ccc(OC)cc4)c4nc(nc5[nH]c2cc5Br)C(Br)=C4)C(Br)=C3)cc1. The predicted molar refractivity (Wildman–Crippen MR) is 190 cm³/mol. The van der Waals surface area contributed by atoms with Crippen LogP contribution in [0.25, 0.3) is 65.7 Å². The monoisotopic (exact) mass is 836 g/mol. The molecule has 8 bridgehead atoms. The van der Waals surface area contributed by atoms with E-state index in [0.29, 0.717) is 22.9 Å². The van der Waals surface area contributed by atoms with Gasteiger partial charge in [-0.05, 0) is 123 Å². The number of fused-ring (bicyclic) bond motifs is 8. The molecule has 218 valence electrons. The van der Waals surface area contributed by atoms with Gasteiger partial charge in [0.1, 0.15) is 22.8 Å². The molecular formula is C32H20Br4N6O2. The highest BCUT2D eigenvalue weighted by atomic mass is 79.9. The molecule has 2 aliphatic rings. The lowest BCUT2D eigenvalue weighted by molar-refractivity contribution is 0.415. The van der Waals surface area contributed by atoms with Crippen LogP contribution in [0, 0.1) is 0 Å². The fourth-order valence-corrected chi connectivity index (χ4v) is 6.68. The van der Waals surface area contributed by atoms with Crippen molar-refractivity contribution in [2.24, 2.45) is 0 Å². The first kappa shape index (κ1) is 29.1. The lowest BCUT2D eigenvalue weighted by atomic mass is 10.0. The van der Waals surface area contributed by atoms with Crippen LogP contribution in [0.3, 0.4) is 0 Å². The minimum atomic E-state index is 0.533. The lowest BCUT2D eigenvalue weighted by Crippen LogP contribution is -1.89. The molecule has 8 nitrogen and oxygen atoms in total. The van der Waals surface area contributed by atoms with E-state index in [-0.39, 0.29) is 0 Å². The van der Waals surface area contributed by atoms with Crippen molar-refractivity contribution in [1.82, 2.24) is 29.9 Å². The van der Waals surface area contributed by atoms with Crippen LogP contribution in [0.15, 0.2) is 69.6 Å². The van der Waals surface area contributed by atoms with Gasteiger partial charge in [0.2, 0.25) is 0 Å². The molecule has 7 rings (SSSR count). The summed E-state index contributed by atoms with van der Waals surface area (Å²) >= 11 is 14.8. The van der Waals surface area contributed by atoms with Gasteiger partial charge in [-0.1, -0.05) is 24.3 Å². The summed E-state index contributed by atoms with van der Waals surface area (Å²) in [6.45, 7) is 0. The van der Waals surface area contributed by atoms with E-state index in [9.17, 15) is 0 Å². The summed E-state index contributed by atoms with van der Waals surface area (Å²) < 4.78 is 13.9. The highest BCUT2D eigenvalue weighted by Gasteiger charge is 2.20. The first-order valence-electron chi connectivity index (χ1n) is 13.2. The Kier molecular flexibility index (Phi) is 7.77. The van der Waals surface area contributed by atoms with Gasteiger partial charge in [0, 0.05) is 11.1 Å². The Labute approximate surface area is 285 Å². The molecule has 2 N–H and O–H groups in total. The van der Waals surface area contributed by atoms with Crippen molar-refractivity contribution in [2.45, 2.75) is 0 Å². The van der Waals surface area contributed by atoms with Crippen LogP contribution < -0.4 is 9.47 Å². The van der Waals surface area contributed by atoms with Gasteiger partial charge in [-0.2, -0.15) is 0 Å². The number of benzene rings is 2. The van der Waals surface area contributed by atoms with Gasteiger partial charge in [-0.15, -0.1) is 0 Å². The summed E-state index contributed by atoms with van der Waals surface area (Å²) in [7, 11) is 3.30. The maximum absolute atomic E-state index is 5.40. The molecule has 0 amide bonds. The van der Waals surface area contributed by atoms with Gasteiger partial charge >= 0.3 is 0 Å². The molecule has 0 saturated heterocycles. The Morgan fingerprint density at radius 2 is 0.932 bits per heavy atom. The fourth-order valence-electron chi connectivity index (χ4n) is 5.06. The Morgan fingerprint density at radius 3 is 1.30 bits per heavy atom. The maximum Gasteiger partial charge on any atom is 0.169 e. The second-order valence-corrected chi connectivity index (χ2v) is 13.2. The van der Waals surface area contributed by atoms with Crippen molar-refractivity contribution in [2.75, 3.05) is 14.2 Å². The average molecular weight is 840 g/mol. The van der Waals surface area contributed by atoms with Crippen molar-refractivity contribution >= 4 is 107 Å². The molecule has 0 saturated carbocycles. The number of ether oxygens (including phenoxy) is 2. The number of hydrogen-bond acceptors (Lipinski definition) is 6. The van der Waals surface area contributed by atoms with Crippen molar-refractivity contribution in [3.05, 3.63) is 92.6 Å². The van der Waals surface area contributed by atoms with E-state index in [0.717, 1.165) is 74.1 Å². The Balaban J connectivity index is 1.60. The summed E-state index contributed by atoms with van der Waals surface area (Å²) in [5.41, 5.74) is 7.99. The van der Waals surface area contributed by atoms with Crippen molar-refractivity contribution in [3.8, 4) is 33.8 Å². The van der Waals surface area contributed by atoms with E-state index in [1.807, 2.05) is 72.8 Å². The number of halogens is 4. The van der Waals surface area contributed by atoms with Crippen molar-refractivity contribution < 1.29 is 9.47 Å². The van der Waals surface area contributed by atoms with E-state index < -0.39 is 0 Å². The average Bonchev–Trinajstić information content (AvgIpc) is 3.77. The molecule has 2 aliphatic heterocycles. The van der Waals surface area contributed by atoms with Crippen LogP contribution >= 0.6 is 63.7 Å². The molecule has 12 heteroatoms. The lowest BCUT2D eigenvalue weighted by Gasteiger charge is -2.05. The molecule has 0 fully saturated rings. The number of aromatic amines is 2. The first-order valence-corrected chi connectivity index (χ1v) is 16.4. The molecule has 2 aromatic carbocycles. The van der Waals surface area contributed by atoms with E-state index >= 15 is 0 Å². The second-order valence-electron chi connectivity index (χ2n) is 9.82. The highest BCUT2D eigenvalue weighted by molar-refractivity contribution is 9.15. The summed E-state index contributed by atoms with van der Waals surface area (Å²) in [6.07, 6.45) is 3.94. The molecule has 0 spiro atoms. The Hall–Kier alpha value is -3.58. The fraction of sp³-hybridized carbons (Fsp3) is 0.0625. The zero-order valence-corrected chi connectivity index (χ0v) is 29.4. The number of nitrogens with one attached hydrogen (secondary N) is 2. The van der Waals surface area contributed by atoms with Crippen molar-refractivity contribution in [1.29, 1.82) is 0 Å². The van der Waals surface area contributed by atoms with Crippen LogP contribution in [-0.2, 0) is 0 Å². The van der Waals surface area contributed by atoms with E-state index in [1.165, 1.54) is 0 Å². The van der Waals surface area contributed by atoms with Crippen LogP contribution in [0.1, 0.15) is 23.0 Å². The maximum atomic E-state index is 5.40. The number of methoxy groups -OCH3 is 2. The van der Waals surface area contributed by atoms with E-state index in [2.05, 4.69) is 73.7 Å². The Morgan fingerprint density at radius 1 is 0.545 bits per heavy atom. The summed E-state index contributed by atoms with van der Waals surface area (Å²) in [5, 5.41) is 0. The topological polar surface area (TPSA) is 102 Å². The van der Waals surface area contributed by atoms with E-state index in [1.54, 1.807) is 14.2 Å². The summed E-state index contributed by atoms with van der Waals surface area (Å²) in [5.74, 6) is 2.59. The largest absolute Gasteiger partial charge is 0.497 e. The normalized spacial score (nSPS) is 12.6. The molecule has 0 aliphatic carbocycles. The van der Waals surface area contributed by atoms with Gasteiger partial charge < -0.3 is 19.4 Å². The molecule has 3 aromatic heterocycles. The number of hydrogen-bond donors (Lipinski definition) is 2. The van der Waals surface area contributed by atoms with Gasteiger partial charge in [0.25, 0.3) is 0 Å². The molecule has 0 radical (unpaired) electrons. The van der Waals surface area contributed by atoms with E-state index in [4.69, 9.17) is 29.4 Å². The van der Waals surface area contributed by atoms with Crippen LogP contribution in [0.5, 0.6) is 11.5 Å². The number of rotatable bonds is 4. The molecule has 44 heavy (non-hydrogen) atoms. The number of nitrogens with zero attached hydrogens (tertiary/aromatic N) is 4. The first-order chi connectivity index (χ1) is 21.3. The Bertz CT molecular complexity index is 2030. The van der Waals surface area contributed by atoms with Crippen molar-refractivity contribution in [3.63, 3.8) is 0 Å². The molecule has 5 aromatic rings. The number of aromatic nitrogens is 6. The zero-order valence-electron chi connectivity index (χ0n) is 23.0. The smallest absolute Gasteiger partial charge is 0.169 e. The predicted octanol–water partition coefficient (Wildman–Crippen LogP) is 9.77. The van der Waals surface area contributed by atoms with Gasteiger partial charge in [-0.25, -0.2) is 19.9 Å². The minimum absolute atomic E-state index is 0.533. The third-order valence-electron chi connectivity index (χ3n) is 7.15. The van der Waals surface area contributed by atoms with Crippen LogP contribution in [0.4, 0.5) is 0 Å². The quantitative estimate of drug-likeness (QED) is 0.187. The van der Waals surface area contributed by atoms with Gasteiger partial charge in [-0.3, -0.25) is 0 Å². The molecule has 0 atom stereocenters.